The molecule has 0 radical (unpaired) electrons. The lowest BCUT2D eigenvalue weighted by Gasteiger charge is -2.35. The van der Waals surface area contributed by atoms with E-state index >= 15 is 0 Å². The maximum Gasteiger partial charge on any atom is 0.311 e. The molecular weight excluding hydrogens is 573 g/mol. The minimum Gasteiger partial charge on any atom is -0.426 e. The fourth-order valence-electron chi connectivity index (χ4n) is 6.46. The van der Waals surface area contributed by atoms with Gasteiger partial charge >= 0.3 is 11.9 Å². The lowest BCUT2D eigenvalue weighted by Crippen LogP contribution is -2.29. The average molecular weight is 611 g/mol. The maximum atomic E-state index is 12.6. The molecule has 0 unspecified atom stereocenters. The molecule has 0 amide bonds. The van der Waals surface area contributed by atoms with Crippen molar-refractivity contribution in [1.29, 1.82) is 0 Å². The summed E-state index contributed by atoms with van der Waals surface area (Å²) in [6.07, 6.45) is 2.01. The third kappa shape index (κ3) is 5.75. The van der Waals surface area contributed by atoms with E-state index in [2.05, 4.69) is 98.1 Å². The van der Waals surface area contributed by atoms with E-state index in [1.54, 1.807) is 0 Å². The Morgan fingerprint density at radius 1 is 0.605 bits per heavy atom. The van der Waals surface area contributed by atoms with E-state index in [0.29, 0.717) is 48.7 Å². The summed E-state index contributed by atoms with van der Waals surface area (Å²) < 4.78 is 11.7. The molecule has 0 bridgehead atoms. The van der Waals surface area contributed by atoms with Gasteiger partial charge in [-0.2, -0.15) is 25.3 Å². The van der Waals surface area contributed by atoms with Crippen LogP contribution in [0.15, 0.2) is 72.8 Å². The second-order valence-electron chi connectivity index (χ2n) is 11.3. The van der Waals surface area contributed by atoms with Crippen LogP contribution in [0, 0.1) is 27.7 Å². The molecule has 0 fully saturated rings. The number of fused-ring (bicyclic) bond motifs is 3. The molecule has 0 atom stereocenters. The van der Waals surface area contributed by atoms with Crippen molar-refractivity contribution in [3.05, 3.63) is 117 Å². The number of carbonyl (C=O) groups is 2. The summed E-state index contributed by atoms with van der Waals surface area (Å²) in [4.78, 5) is 25.1. The van der Waals surface area contributed by atoms with Crippen molar-refractivity contribution >= 4 is 37.2 Å². The summed E-state index contributed by atoms with van der Waals surface area (Å²) in [5.74, 6) is 2.01. The minimum absolute atomic E-state index is 0.245. The fraction of sp³-hybridized carbons (Fsp3) is 0.297. The van der Waals surface area contributed by atoms with Crippen LogP contribution in [-0.2, 0) is 15.0 Å². The largest absolute Gasteiger partial charge is 0.426 e. The molecule has 4 aromatic rings. The summed E-state index contributed by atoms with van der Waals surface area (Å²) in [5.41, 5.74) is 9.90. The second kappa shape index (κ2) is 13.0. The number of hydrogen-bond donors (Lipinski definition) is 2. The molecule has 0 aliphatic heterocycles. The Bertz CT molecular complexity index is 1520. The first kappa shape index (κ1) is 31.0. The molecule has 0 spiro atoms. The summed E-state index contributed by atoms with van der Waals surface area (Å²) in [6, 6.07) is 25.8. The van der Waals surface area contributed by atoms with Crippen molar-refractivity contribution in [2.45, 2.75) is 58.8 Å². The molecule has 1 aliphatic rings. The first-order valence-corrected chi connectivity index (χ1v) is 16.0. The molecule has 4 nitrogen and oxygen atoms in total. The van der Waals surface area contributed by atoms with Crippen molar-refractivity contribution in [3.8, 4) is 22.6 Å². The van der Waals surface area contributed by atoms with Crippen LogP contribution in [-0.4, -0.2) is 23.4 Å². The van der Waals surface area contributed by atoms with E-state index in [4.69, 9.17) is 9.47 Å². The van der Waals surface area contributed by atoms with Crippen LogP contribution in [0.1, 0.15) is 70.2 Å². The second-order valence-corrected chi connectivity index (χ2v) is 12.2. The summed E-state index contributed by atoms with van der Waals surface area (Å²) in [7, 11) is 0. The summed E-state index contributed by atoms with van der Waals surface area (Å²) in [5, 5.41) is 0. The Morgan fingerprint density at radius 2 is 0.953 bits per heavy atom. The third-order valence-electron chi connectivity index (χ3n) is 8.25. The van der Waals surface area contributed by atoms with Crippen molar-refractivity contribution in [1.82, 2.24) is 0 Å². The molecule has 5 rings (SSSR count). The molecule has 0 heterocycles. The van der Waals surface area contributed by atoms with Crippen LogP contribution in [0.4, 0.5) is 0 Å². The Morgan fingerprint density at radius 3 is 1.30 bits per heavy atom. The first-order chi connectivity index (χ1) is 20.7. The predicted molar refractivity (Wildman–Crippen MR) is 180 cm³/mol. The van der Waals surface area contributed by atoms with E-state index < -0.39 is 5.41 Å². The molecule has 0 aromatic heterocycles. The molecule has 4 aromatic carbocycles. The van der Waals surface area contributed by atoms with E-state index in [0.717, 1.165) is 33.4 Å². The van der Waals surface area contributed by atoms with E-state index in [1.807, 2.05) is 27.7 Å². The first-order valence-electron chi connectivity index (χ1n) is 14.8. The Kier molecular flexibility index (Phi) is 9.38. The van der Waals surface area contributed by atoms with Gasteiger partial charge in [-0.15, -0.1) is 0 Å². The van der Waals surface area contributed by atoms with E-state index in [1.165, 1.54) is 22.3 Å². The number of rotatable bonds is 10. The SMILES string of the molecule is Cc1cc(C2(c3cc(C)c(OC(=O)CCCS)c(C)c3)c3ccccc3-c3ccccc32)cc(C)c1OC(=O)CCCS. The highest BCUT2D eigenvalue weighted by molar-refractivity contribution is 7.80. The lowest BCUT2D eigenvalue weighted by atomic mass is 9.66. The topological polar surface area (TPSA) is 52.6 Å². The normalized spacial score (nSPS) is 12.9. The quantitative estimate of drug-likeness (QED) is 0.0946. The lowest BCUT2D eigenvalue weighted by molar-refractivity contribution is -0.135. The zero-order valence-electron chi connectivity index (χ0n) is 25.2. The van der Waals surface area contributed by atoms with Gasteiger partial charge in [-0.3, -0.25) is 9.59 Å². The van der Waals surface area contributed by atoms with Gasteiger partial charge in [0.1, 0.15) is 11.5 Å². The molecule has 43 heavy (non-hydrogen) atoms. The van der Waals surface area contributed by atoms with Gasteiger partial charge in [0.15, 0.2) is 0 Å². The summed E-state index contributed by atoms with van der Waals surface area (Å²) >= 11 is 8.46. The van der Waals surface area contributed by atoms with Crippen molar-refractivity contribution < 1.29 is 19.1 Å². The minimum atomic E-state index is -0.638. The number of thiol groups is 2. The zero-order chi connectivity index (χ0) is 30.7. The zero-order valence-corrected chi connectivity index (χ0v) is 27.0. The number of aryl methyl sites for hydroxylation is 4. The Hall–Kier alpha value is -3.48. The molecule has 1 aliphatic carbocycles. The average Bonchev–Trinajstić information content (AvgIpc) is 3.29. The van der Waals surface area contributed by atoms with Crippen LogP contribution >= 0.6 is 25.3 Å². The number of esters is 2. The van der Waals surface area contributed by atoms with E-state index in [-0.39, 0.29) is 11.9 Å². The molecule has 0 saturated heterocycles. The summed E-state index contributed by atoms with van der Waals surface area (Å²) in [6.45, 7) is 8.01. The monoisotopic (exact) mass is 610 g/mol. The molecular formula is C37H38O4S2. The molecule has 0 N–H and O–H groups in total. The Balaban J connectivity index is 1.73. The van der Waals surface area contributed by atoms with Gasteiger partial charge in [0.05, 0.1) is 5.41 Å². The van der Waals surface area contributed by atoms with Crippen molar-refractivity contribution in [2.75, 3.05) is 11.5 Å². The molecule has 0 saturated carbocycles. The predicted octanol–water partition coefficient (Wildman–Crippen LogP) is 8.51. The highest BCUT2D eigenvalue weighted by Crippen LogP contribution is 2.57. The number of hydrogen-bond acceptors (Lipinski definition) is 6. The highest BCUT2D eigenvalue weighted by Gasteiger charge is 2.46. The van der Waals surface area contributed by atoms with Gasteiger partial charge in [-0.1, -0.05) is 72.8 Å². The Labute approximate surface area is 265 Å². The number of benzene rings is 4. The van der Waals surface area contributed by atoms with Gasteiger partial charge in [0.25, 0.3) is 0 Å². The van der Waals surface area contributed by atoms with Crippen LogP contribution < -0.4 is 9.47 Å². The van der Waals surface area contributed by atoms with Crippen molar-refractivity contribution in [3.63, 3.8) is 0 Å². The van der Waals surface area contributed by atoms with Gasteiger partial charge in [-0.25, -0.2) is 0 Å². The van der Waals surface area contributed by atoms with Gasteiger partial charge < -0.3 is 9.47 Å². The molecule has 6 heteroatoms. The third-order valence-corrected chi connectivity index (χ3v) is 8.88. The van der Waals surface area contributed by atoms with Crippen molar-refractivity contribution in [2.24, 2.45) is 0 Å². The van der Waals surface area contributed by atoms with Gasteiger partial charge in [0, 0.05) is 12.8 Å². The van der Waals surface area contributed by atoms with Crippen LogP contribution in [0.3, 0.4) is 0 Å². The highest BCUT2D eigenvalue weighted by atomic mass is 32.1. The smallest absolute Gasteiger partial charge is 0.311 e. The number of ether oxygens (including phenoxy) is 2. The maximum absolute atomic E-state index is 12.6. The van der Waals surface area contributed by atoms with Crippen LogP contribution in [0.25, 0.3) is 11.1 Å². The fourth-order valence-corrected chi connectivity index (χ4v) is 6.77. The van der Waals surface area contributed by atoms with Crippen LogP contribution in [0.5, 0.6) is 11.5 Å². The van der Waals surface area contributed by atoms with Crippen LogP contribution in [0.2, 0.25) is 0 Å². The van der Waals surface area contributed by atoms with E-state index in [9.17, 15) is 9.59 Å². The van der Waals surface area contributed by atoms with Gasteiger partial charge in [-0.05, 0) is 108 Å². The van der Waals surface area contributed by atoms with Gasteiger partial charge in [0.2, 0.25) is 0 Å². The number of carbonyl (C=O) groups excluding carboxylic acids is 2. The standard InChI is InChI=1S/C37H38O4S2/c1-23-19-27(20-24(2)35(23)40-33(38)15-9-17-42)37(31-13-7-5-11-29(31)30-12-6-8-14-32(30)37)28-21-25(3)36(26(4)22-28)41-34(39)16-10-18-43/h5-8,11-14,19-22,42-43H,9-10,15-18H2,1-4H3. The molecule has 222 valence electrons.